The highest BCUT2D eigenvalue weighted by atomic mass is 19.1. The first-order chi connectivity index (χ1) is 12.1. The Bertz CT molecular complexity index is 718. The SMILES string of the molecule is CCOC(=O)C(C=O)Cc1ccc(F)c(N(CC)c2ccccc2)c1. The molecule has 132 valence electrons. The second-order valence-electron chi connectivity index (χ2n) is 5.56. The van der Waals surface area contributed by atoms with Crippen molar-refractivity contribution in [3.05, 3.63) is 59.9 Å². The molecule has 2 rings (SSSR count). The highest BCUT2D eigenvalue weighted by molar-refractivity contribution is 5.88. The van der Waals surface area contributed by atoms with Gasteiger partial charge in [0.2, 0.25) is 0 Å². The van der Waals surface area contributed by atoms with Gasteiger partial charge in [-0.05, 0) is 50.1 Å². The van der Waals surface area contributed by atoms with Gasteiger partial charge in [-0.3, -0.25) is 4.79 Å². The lowest BCUT2D eigenvalue weighted by Crippen LogP contribution is -2.22. The molecule has 25 heavy (non-hydrogen) atoms. The van der Waals surface area contributed by atoms with Gasteiger partial charge >= 0.3 is 5.97 Å². The summed E-state index contributed by atoms with van der Waals surface area (Å²) in [5.74, 6) is -1.79. The van der Waals surface area contributed by atoms with Crippen LogP contribution in [0.2, 0.25) is 0 Å². The zero-order valence-electron chi connectivity index (χ0n) is 14.4. The Morgan fingerprint density at radius 2 is 1.92 bits per heavy atom. The molecule has 0 aliphatic rings. The van der Waals surface area contributed by atoms with E-state index in [0.29, 0.717) is 24.1 Å². The summed E-state index contributed by atoms with van der Waals surface area (Å²) in [5, 5.41) is 0. The van der Waals surface area contributed by atoms with Gasteiger partial charge in [0.05, 0.1) is 12.3 Å². The van der Waals surface area contributed by atoms with Crippen LogP contribution in [0.15, 0.2) is 48.5 Å². The standard InChI is InChI=1S/C20H22FNO3/c1-3-22(17-8-6-5-7-9-17)19-13-15(10-11-18(19)21)12-16(14-23)20(24)25-4-2/h5-11,13-14,16H,3-4,12H2,1-2H3. The Morgan fingerprint density at radius 1 is 1.20 bits per heavy atom. The summed E-state index contributed by atoms with van der Waals surface area (Å²) in [6.45, 7) is 4.43. The van der Waals surface area contributed by atoms with Crippen LogP contribution in [0.3, 0.4) is 0 Å². The normalized spacial score (nSPS) is 11.6. The van der Waals surface area contributed by atoms with E-state index in [1.807, 2.05) is 42.2 Å². The number of benzene rings is 2. The Hall–Kier alpha value is -2.69. The summed E-state index contributed by atoms with van der Waals surface area (Å²) >= 11 is 0. The summed E-state index contributed by atoms with van der Waals surface area (Å²) in [7, 11) is 0. The van der Waals surface area contributed by atoms with Gasteiger partial charge in [-0.2, -0.15) is 0 Å². The van der Waals surface area contributed by atoms with Gasteiger partial charge in [0.15, 0.2) is 0 Å². The van der Waals surface area contributed by atoms with E-state index in [2.05, 4.69) is 0 Å². The number of para-hydroxylation sites is 1. The molecule has 2 aromatic rings. The molecule has 0 saturated heterocycles. The fourth-order valence-electron chi connectivity index (χ4n) is 2.68. The van der Waals surface area contributed by atoms with Crippen LogP contribution in [0, 0.1) is 11.7 Å². The molecule has 4 nitrogen and oxygen atoms in total. The number of esters is 1. The minimum atomic E-state index is -0.884. The van der Waals surface area contributed by atoms with Gasteiger partial charge in [0.1, 0.15) is 18.0 Å². The van der Waals surface area contributed by atoms with Crippen LogP contribution in [0.25, 0.3) is 0 Å². The first kappa shape index (κ1) is 18.6. The first-order valence-electron chi connectivity index (χ1n) is 8.33. The maximum Gasteiger partial charge on any atom is 0.316 e. The highest BCUT2D eigenvalue weighted by Gasteiger charge is 2.21. The fraction of sp³-hybridized carbons (Fsp3) is 0.300. The third-order valence-electron chi connectivity index (χ3n) is 3.89. The smallest absolute Gasteiger partial charge is 0.316 e. The molecule has 0 radical (unpaired) electrons. The van der Waals surface area contributed by atoms with Crippen LogP contribution in [-0.2, 0) is 20.7 Å². The molecule has 5 heteroatoms. The highest BCUT2D eigenvalue weighted by Crippen LogP contribution is 2.29. The topological polar surface area (TPSA) is 46.6 Å². The van der Waals surface area contributed by atoms with Crippen molar-refractivity contribution in [3.63, 3.8) is 0 Å². The lowest BCUT2D eigenvalue weighted by Gasteiger charge is -2.24. The molecule has 0 aliphatic heterocycles. The van der Waals surface area contributed by atoms with Crippen LogP contribution < -0.4 is 4.90 Å². The van der Waals surface area contributed by atoms with Gasteiger partial charge in [0.25, 0.3) is 0 Å². The predicted molar refractivity (Wildman–Crippen MR) is 95.4 cm³/mol. The molecule has 0 aliphatic carbocycles. The van der Waals surface area contributed by atoms with Gasteiger partial charge in [-0.1, -0.05) is 24.3 Å². The molecule has 0 amide bonds. The van der Waals surface area contributed by atoms with E-state index in [0.717, 1.165) is 5.69 Å². The Labute approximate surface area is 147 Å². The predicted octanol–water partition coefficient (Wildman–Crippen LogP) is 3.90. The number of halogens is 1. The number of ether oxygens (including phenoxy) is 1. The van der Waals surface area contributed by atoms with Crippen molar-refractivity contribution >= 4 is 23.6 Å². The zero-order valence-corrected chi connectivity index (χ0v) is 14.4. The summed E-state index contributed by atoms with van der Waals surface area (Å²) in [5.41, 5.74) is 1.99. The van der Waals surface area contributed by atoms with Crippen molar-refractivity contribution in [1.82, 2.24) is 0 Å². The molecule has 0 saturated carbocycles. The molecule has 0 heterocycles. The average molecular weight is 343 g/mol. The third-order valence-corrected chi connectivity index (χ3v) is 3.89. The lowest BCUT2D eigenvalue weighted by atomic mass is 10.00. The van der Waals surface area contributed by atoms with Crippen molar-refractivity contribution in [1.29, 1.82) is 0 Å². The number of anilines is 2. The molecule has 0 bridgehead atoms. The van der Waals surface area contributed by atoms with Crippen LogP contribution in [-0.4, -0.2) is 25.4 Å². The van der Waals surface area contributed by atoms with Crippen LogP contribution in [0.5, 0.6) is 0 Å². The minimum Gasteiger partial charge on any atom is -0.465 e. The Kier molecular flexibility index (Phi) is 6.69. The lowest BCUT2D eigenvalue weighted by molar-refractivity contribution is -0.149. The van der Waals surface area contributed by atoms with E-state index >= 15 is 0 Å². The quantitative estimate of drug-likeness (QED) is 0.414. The number of carbonyl (C=O) groups is 2. The van der Waals surface area contributed by atoms with Crippen molar-refractivity contribution in [2.45, 2.75) is 20.3 Å². The zero-order chi connectivity index (χ0) is 18.2. The van der Waals surface area contributed by atoms with Gasteiger partial charge in [-0.25, -0.2) is 4.39 Å². The molecule has 0 fully saturated rings. The summed E-state index contributed by atoms with van der Waals surface area (Å²) < 4.78 is 19.3. The van der Waals surface area contributed by atoms with Crippen molar-refractivity contribution in [3.8, 4) is 0 Å². The molecule has 2 aromatic carbocycles. The largest absolute Gasteiger partial charge is 0.465 e. The second kappa shape index (κ2) is 8.97. The maximum absolute atomic E-state index is 14.4. The van der Waals surface area contributed by atoms with Gasteiger partial charge in [0, 0.05) is 12.2 Å². The molecular weight excluding hydrogens is 321 g/mol. The van der Waals surface area contributed by atoms with Crippen molar-refractivity contribution < 1.29 is 18.7 Å². The second-order valence-corrected chi connectivity index (χ2v) is 5.56. The van der Waals surface area contributed by atoms with E-state index in [9.17, 15) is 14.0 Å². The number of nitrogens with zero attached hydrogens (tertiary/aromatic N) is 1. The average Bonchev–Trinajstić information content (AvgIpc) is 2.63. The van der Waals surface area contributed by atoms with Crippen LogP contribution in [0.4, 0.5) is 15.8 Å². The van der Waals surface area contributed by atoms with Crippen LogP contribution >= 0.6 is 0 Å². The summed E-state index contributed by atoms with van der Waals surface area (Å²) in [6, 6.07) is 14.1. The van der Waals surface area contributed by atoms with Gasteiger partial charge in [-0.15, -0.1) is 0 Å². The van der Waals surface area contributed by atoms with E-state index < -0.39 is 11.9 Å². The summed E-state index contributed by atoms with van der Waals surface area (Å²) in [4.78, 5) is 24.9. The molecule has 0 spiro atoms. The molecule has 1 unspecified atom stereocenters. The van der Waals surface area contributed by atoms with E-state index in [1.54, 1.807) is 19.1 Å². The Morgan fingerprint density at radius 3 is 2.52 bits per heavy atom. The van der Waals surface area contributed by atoms with E-state index in [1.165, 1.54) is 6.07 Å². The van der Waals surface area contributed by atoms with Crippen LogP contribution in [0.1, 0.15) is 19.4 Å². The van der Waals surface area contributed by atoms with Crippen molar-refractivity contribution in [2.24, 2.45) is 5.92 Å². The molecular formula is C20H22FNO3. The number of hydrogen-bond donors (Lipinski definition) is 0. The van der Waals surface area contributed by atoms with Crippen molar-refractivity contribution in [2.75, 3.05) is 18.1 Å². The molecule has 1 atom stereocenters. The van der Waals surface area contributed by atoms with E-state index in [-0.39, 0.29) is 18.8 Å². The third kappa shape index (κ3) is 4.66. The monoisotopic (exact) mass is 343 g/mol. The number of carbonyl (C=O) groups excluding carboxylic acids is 2. The summed E-state index contributed by atoms with van der Waals surface area (Å²) in [6.07, 6.45) is 0.762. The number of rotatable bonds is 8. The van der Waals surface area contributed by atoms with E-state index in [4.69, 9.17) is 4.74 Å². The number of hydrogen-bond acceptors (Lipinski definition) is 4. The fourth-order valence-corrected chi connectivity index (χ4v) is 2.68. The van der Waals surface area contributed by atoms with Gasteiger partial charge < -0.3 is 14.4 Å². The first-order valence-corrected chi connectivity index (χ1v) is 8.33. The minimum absolute atomic E-state index is 0.182. The maximum atomic E-state index is 14.4. The molecule has 0 aromatic heterocycles. The number of aldehydes is 1. The Balaban J connectivity index is 2.30. The molecule has 0 N–H and O–H groups in total.